The van der Waals surface area contributed by atoms with Gasteiger partial charge in [0.1, 0.15) is 23.0 Å². The summed E-state index contributed by atoms with van der Waals surface area (Å²) >= 11 is 0. The number of allylic oxidation sites excluding steroid dienone is 4. The van der Waals surface area contributed by atoms with Crippen molar-refractivity contribution in [2.24, 2.45) is 5.92 Å². The topological polar surface area (TPSA) is 28.3 Å². The van der Waals surface area contributed by atoms with E-state index in [4.69, 9.17) is 9.47 Å². The third kappa shape index (κ3) is 6.62. The monoisotopic (exact) mass is 1160 g/mol. The van der Waals surface area contributed by atoms with E-state index in [-0.39, 0.29) is 11.8 Å². The van der Waals surface area contributed by atoms with Crippen LogP contribution in [0, 0.1) is 5.92 Å². The summed E-state index contributed by atoms with van der Waals surface area (Å²) < 4.78 is 19.3. The second kappa shape index (κ2) is 18.8. The van der Waals surface area contributed by atoms with Gasteiger partial charge in [-0.2, -0.15) is 0 Å². The van der Waals surface area contributed by atoms with Crippen LogP contribution in [0.4, 0.5) is 0 Å². The fourth-order valence-electron chi connectivity index (χ4n) is 17.4. The summed E-state index contributed by atoms with van der Waals surface area (Å²) in [7, 11) is 0. The first kappa shape index (κ1) is 50.5. The van der Waals surface area contributed by atoms with Crippen LogP contribution < -0.4 is 9.47 Å². The molecule has 4 heteroatoms. The first-order valence-corrected chi connectivity index (χ1v) is 31.8. The Balaban J connectivity index is 0.780. The molecule has 0 radical (unpaired) electrons. The molecule has 0 saturated heterocycles. The van der Waals surface area contributed by atoms with Gasteiger partial charge in [-0.3, -0.25) is 0 Å². The van der Waals surface area contributed by atoms with Crippen molar-refractivity contribution in [1.82, 2.24) is 9.13 Å². The third-order valence-corrected chi connectivity index (χ3v) is 21.1. The van der Waals surface area contributed by atoms with Gasteiger partial charge < -0.3 is 18.6 Å². The molecule has 4 heterocycles. The van der Waals surface area contributed by atoms with E-state index in [1.54, 1.807) is 0 Å². The molecule has 3 aliphatic carbocycles. The largest absolute Gasteiger partial charge is 0.461 e. The predicted molar refractivity (Wildman–Crippen MR) is 370 cm³/mol. The Morgan fingerprint density at radius 2 is 0.813 bits per heavy atom. The van der Waals surface area contributed by atoms with E-state index in [2.05, 4.69) is 325 Å². The summed E-state index contributed by atoms with van der Waals surface area (Å²) in [6.45, 7) is 2.39. The fraction of sp³-hybridized carbons (Fsp3) is 0.0575. The number of hydrogen-bond donors (Lipinski definition) is 0. The van der Waals surface area contributed by atoms with Crippen molar-refractivity contribution in [2.75, 3.05) is 0 Å². The van der Waals surface area contributed by atoms with Gasteiger partial charge in [-0.15, -0.1) is 0 Å². The van der Waals surface area contributed by atoms with Crippen LogP contribution in [0.2, 0.25) is 0 Å². The van der Waals surface area contributed by atoms with E-state index in [9.17, 15) is 0 Å². The van der Waals surface area contributed by atoms with Crippen molar-refractivity contribution in [2.45, 2.75) is 23.7 Å². The van der Waals surface area contributed by atoms with Crippen LogP contribution >= 0.6 is 0 Å². The molecular weight excluding hydrogens is 1100 g/mol. The standard InChI is InChI=1S/C87H56N2O2/c1-53-59(45-50-74-85(53)91-80-39-21-16-34-71(80)87(74)68-31-13-9-29-65(68)81-73(87)49-46-62-60-26-10-17-35-75(60)88(83(62)81)58-43-40-55(41-44-58)54-22-4-2-5-23-54)57-42-51-77(66(52-57)56-24-6-3-7-25-56)89-76-36-18-11-27-61(76)63-47-48-72-82(84(63)89)64-28-8-12-30-67(64)86(72)69-32-14-19-37-78(69)90-79-38-20-15-33-70(79)86/h2-53,59H,1H3. The normalized spacial score (nSPS) is 17.5. The van der Waals surface area contributed by atoms with Gasteiger partial charge in [-0.05, 0) is 110 Å². The summed E-state index contributed by atoms with van der Waals surface area (Å²) in [5, 5.41) is 4.92. The molecule has 5 aliphatic rings. The molecular formula is C87H56N2O2. The molecule has 3 atom stereocenters. The van der Waals surface area contributed by atoms with Crippen molar-refractivity contribution in [3.8, 4) is 73.1 Å². The van der Waals surface area contributed by atoms with Crippen LogP contribution in [0.3, 0.4) is 0 Å². The molecule has 15 aromatic rings. The summed E-state index contributed by atoms with van der Waals surface area (Å²) in [6, 6.07) is 110. The van der Waals surface area contributed by atoms with Crippen molar-refractivity contribution in [3.63, 3.8) is 0 Å². The highest BCUT2D eigenvalue weighted by atomic mass is 16.5. The van der Waals surface area contributed by atoms with Crippen molar-refractivity contribution < 1.29 is 9.47 Å². The lowest BCUT2D eigenvalue weighted by atomic mass is 9.62. The molecule has 0 bridgehead atoms. The number of rotatable bonds is 5. The smallest absolute Gasteiger partial charge is 0.132 e. The number of benzene rings is 13. The maximum absolute atomic E-state index is 7.46. The highest BCUT2D eigenvalue weighted by Crippen LogP contribution is 2.66. The lowest BCUT2D eigenvalue weighted by Crippen LogP contribution is -2.37. The molecule has 2 aromatic heterocycles. The van der Waals surface area contributed by atoms with E-state index < -0.39 is 10.8 Å². The van der Waals surface area contributed by atoms with Gasteiger partial charge in [-0.25, -0.2) is 0 Å². The zero-order valence-corrected chi connectivity index (χ0v) is 49.8. The minimum atomic E-state index is -0.666. The second-order valence-electron chi connectivity index (χ2n) is 25.3. The van der Waals surface area contributed by atoms with Crippen molar-refractivity contribution in [3.05, 3.63) is 365 Å². The Hall–Kier alpha value is -11.5. The van der Waals surface area contributed by atoms with Crippen LogP contribution in [-0.4, -0.2) is 9.13 Å². The average molecular weight is 1160 g/mol. The summed E-state index contributed by atoms with van der Waals surface area (Å²) in [4.78, 5) is 0. The Labute approximate surface area is 527 Å². The van der Waals surface area contributed by atoms with E-state index in [0.29, 0.717) is 0 Å². The second-order valence-corrected chi connectivity index (χ2v) is 25.3. The molecule has 2 aliphatic heterocycles. The number of aromatic nitrogens is 2. The minimum absolute atomic E-state index is 0.0136. The Bertz CT molecular complexity index is 5640. The van der Waals surface area contributed by atoms with E-state index >= 15 is 0 Å². The van der Waals surface area contributed by atoms with Gasteiger partial charge in [0.15, 0.2) is 0 Å². The molecule has 0 saturated carbocycles. The van der Waals surface area contributed by atoms with Gasteiger partial charge >= 0.3 is 0 Å². The summed E-state index contributed by atoms with van der Waals surface area (Å²) in [6.07, 6.45) is 4.93. The van der Waals surface area contributed by atoms with Crippen molar-refractivity contribution in [1.29, 1.82) is 0 Å². The number of nitrogens with zero attached hydrogens (tertiary/aromatic N) is 2. The first-order chi connectivity index (χ1) is 45.1. The van der Waals surface area contributed by atoms with Crippen LogP contribution in [0.15, 0.2) is 321 Å². The maximum Gasteiger partial charge on any atom is 0.132 e. The van der Waals surface area contributed by atoms with Crippen LogP contribution in [0.5, 0.6) is 17.2 Å². The number of fused-ring (bicyclic) bond motifs is 25. The van der Waals surface area contributed by atoms with Gasteiger partial charge in [0.05, 0.1) is 38.6 Å². The molecule has 13 aromatic carbocycles. The van der Waals surface area contributed by atoms with Crippen LogP contribution in [-0.2, 0) is 10.8 Å². The number of hydrogen-bond acceptors (Lipinski definition) is 2. The molecule has 0 amide bonds. The van der Waals surface area contributed by atoms with E-state index in [1.165, 1.54) is 110 Å². The lowest BCUT2D eigenvalue weighted by Gasteiger charge is -2.44. The maximum atomic E-state index is 7.46. The van der Waals surface area contributed by atoms with E-state index in [0.717, 1.165) is 62.2 Å². The van der Waals surface area contributed by atoms with Gasteiger partial charge in [-0.1, -0.05) is 262 Å². The predicted octanol–water partition coefficient (Wildman–Crippen LogP) is 21.6. The molecule has 3 unspecified atom stereocenters. The molecule has 4 nitrogen and oxygen atoms in total. The Kier molecular flexibility index (Phi) is 10.4. The summed E-state index contributed by atoms with van der Waals surface area (Å²) in [5.74, 6) is 3.64. The number of para-hydroxylation sites is 5. The van der Waals surface area contributed by atoms with Crippen LogP contribution in [0.1, 0.15) is 57.3 Å². The fourth-order valence-corrected chi connectivity index (χ4v) is 17.4. The third-order valence-electron chi connectivity index (χ3n) is 21.1. The van der Waals surface area contributed by atoms with Crippen LogP contribution in [0.25, 0.3) is 99.5 Å². The molecule has 0 N–H and O–H groups in total. The molecule has 426 valence electrons. The number of ether oxygens (including phenoxy) is 2. The Morgan fingerprint density at radius 3 is 1.44 bits per heavy atom. The lowest BCUT2D eigenvalue weighted by molar-refractivity contribution is 0.310. The van der Waals surface area contributed by atoms with Crippen molar-refractivity contribution >= 4 is 43.6 Å². The molecule has 91 heavy (non-hydrogen) atoms. The first-order valence-electron chi connectivity index (χ1n) is 31.8. The Morgan fingerprint density at radius 1 is 0.341 bits per heavy atom. The summed E-state index contributed by atoms with van der Waals surface area (Å²) in [5.41, 5.74) is 26.5. The highest BCUT2D eigenvalue weighted by molar-refractivity contribution is 6.18. The zero-order valence-electron chi connectivity index (χ0n) is 49.8. The quantitative estimate of drug-likeness (QED) is 0.172. The minimum Gasteiger partial charge on any atom is -0.461 e. The van der Waals surface area contributed by atoms with E-state index in [1.807, 2.05) is 0 Å². The van der Waals surface area contributed by atoms with Gasteiger partial charge in [0.2, 0.25) is 0 Å². The molecule has 2 spiro atoms. The van der Waals surface area contributed by atoms with Gasteiger partial charge in [0, 0.05) is 78.0 Å². The zero-order chi connectivity index (χ0) is 59.7. The highest BCUT2D eigenvalue weighted by Gasteiger charge is 2.55. The average Bonchev–Trinajstić information content (AvgIpc) is 1.55. The molecule has 0 fully saturated rings. The SMILES string of the molecule is CC1C2=C(C=CC1c1ccc(-n3c4ccccc4c4ccc5c(c43)-c3ccccc3C53c4ccccc4Oc4ccccc43)c(-c3ccccc3)c1)C1(c3ccccc3O2)c2ccccc2-c2c1ccc1c3ccccc3n(-c3ccc(-c4ccccc4)cc3)c21. The molecule has 20 rings (SSSR count). The van der Waals surface area contributed by atoms with Gasteiger partial charge in [0.25, 0.3) is 0 Å².